The zero-order valence-electron chi connectivity index (χ0n) is 9.99. The Morgan fingerprint density at radius 1 is 1.29 bits per heavy atom. The molecule has 0 spiro atoms. The van der Waals surface area contributed by atoms with Crippen LogP contribution in [0.25, 0.3) is 11.3 Å². The quantitative estimate of drug-likeness (QED) is 0.822. The van der Waals surface area contributed by atoms with Gasteiger partial charge in [0.1, 0.15) is 0 Å². The standard InChI is InChI=1S/C14H15NO2/c1-10-8-12(9-13(16)17-2)15-14(10)11-6-4-3-5-7-11/h3-8,15H,9H2,1-2H3. The molecule has 0 saturated heterocycles. The Labute approximate surface area is 100 Å². The molecule has 0 radical (unpaired) electrons. The number of hydrogen-bond acceptors (Lipinski definition) is 2. The van der Waals surface area contributed by atoms with E-state index in [-0.39, 0.29) is 12.4 Å². The number of H-pyrrole nitrogens is 1. The molecule has 17 heavy (non-hydrogen) atoms. The van der Waals surface area contributed by atoms with Crippen LogP contribution < -0.4 is 0 Å². The first-order chi connectivity index (χ1) is 8.20. The molecule has 0 unspecified atom stereocenters. The monoisotopic (exact) mass is 229 g/mol. The molecule has 88 valence electrons. The third-order valence-corrected chi connectivity index (χ3v) is 2.70. The summed E-state index contributed by atoms with van der Waals surface area (Å²) in [7, 11) is 1.40. The van der Waals surface area contributed by atoms with Gasteiger partial charge in [-0.2, -0.15) is 0 Å². The van der Waals surface area contributed by atoms with Crippen molar-refractivity contribution in [2.45, 2.75) is 13.3 Å². The van der Waals surface area contributed by atoms with E-state index in [4.69, 9.17) is 0 Å². The number of carbonyl (C=O) groups is 1. The summed E-state index contributed by atoms with van der Waals surface area (Å²) in [5, 5.41) is 0. The third kappa shape index (κ3) is 2.56. The largest absolute Gasteiger partial charge is 0.469 e. The molecule has 2 rings (SSSR count). The van der Waals surface area contributed by atoms with E-state index in [0.717, 1.165) is 22.5 Å². The third-order valence-electron chi connectivity index (χ3n) is 2.70. The van der Waals surface area contributed by atoms with E-state index in [1.165, 1.54) is 7.11 Å². The first kappa shape index (κ1) is 11.5. The number of benzene rings is 1. The lowest BCUT2D eigenvalue weighted by atomic mass is 10.1. The van der Waals surface area contributed by atoms with Gasteiger partial charge in [-0.1, -0.05) is 30.3 Å². The normalized spacial score (nSPS) is 10.2. The Morgan fingerprint density at radius 3 is 2.65 bits per heavy atom. The summed E-state index contributed by atoms with van der Waals surface area (Å²) in [6.45, 7) is 2.03. The molecule has 0 atom stereocenters. The van der Waals surface area contributed by atoms with Crippen LogP contribution in [-0.2, 0) is 16.0 Å². The van der Waals surface area contributed by atoms with Gasteiger partial charge in [0, 0.05) is 11.4 Å². The van der Waals surface area contributed by atoms with Crippen LogP contribution in [0.4, 0.5) is 0 Å². The maximum atomic E-state index is 11.2. The number of nitrogens with one attached hydrogen (secondary N) is 1. The number of aromatic amines is 1. The minimum absolute atomic E-state index is 0.231. The highest BCUT2D eigenvalue weighted by molar-refractivity contribution is 5.73. The Kier molecular flexibility index (Phi) is 3.28. The van der Waals surface area contributed by atoms with Gasteiger partial charge in [-0.3, -0.25) is 4.79 Å². The summed E-state index contributed by atoms with van der Waals surface area (Å²) in [6, 6.07) is 12.0. The number of aromatic nitrogens is 1. The maximum absolute atomic E-state index is 11.2. The van der Waals surface area contributed by atoms with Gasteiger partial charge in [0.2, 0.25) is 0 Å². The highest BCUT2D eigenvalue weighted by Crippen LogP contribution is 2.23. The van der Waals surface area contributed by atoms with Crippen LogP contribution in [0.5, 0.6) is 0 Å². The minimum atomic E-state index is -0.231. The Bertz CT molecular complexity index is 514. The molecule has 1 N–H and O–H groups in total. The summed E-state index contributed by atoms with van der Waals surface area (Å²) in [5.74, 6) is -0.231. The van der Waals surface area contributed by atoms with Crippen LogP contribution in [-0.4, -0.2) is 18.1 Å². The molecular weight excluding hydrogens is 214 g/mol. The number of carbonyl (C=O) groups excluding carboxylic acids is 1. The van der Waals surface area contributed by atoms with Crippen molar-refractivity contribution in [3.8, 4) is 11.3 Å². The van der Waals surface area contributed by atoms with Crippen molar-refractivity contribution in [1.82, 2.24) is 4.98 Å². The molecule has 0 aliphatic rings. The fourth-order valence-electron chi connectivity index (χ4n) is 1.86. The van der Waals surface area contributed by atoms with Crippen molar-refractivity contribution >= 4 is 5.97 Å². The second kappa shape index (κ2) is 4.87. The smallest absolute Gasteiger partial charge is 0.311 e. The number of rotatable bonds is 3. The van der Waals surface area contributed by atoms with Crippen molar-refractivity contribution in [2.24, 2.45) is 0 Å². The van der Waals surface area contributed by atoms with Gasteiger partial charge in [-0.05, 0) is 24.1 Å². The van der Waals surface area contributed by atoms with Gasteiger partial charge >= 0.3 is 5.97 Å². The average molecular weight is 229 g/mol. The zero-order chi connectivity index (χ0) is 12.3. The van der Waals surface area contributed by atoms with Crippen molar-refractivity contribution in [3.05, 3.63) is 47.7 Å². The fraction of sp³-hybridized carbons (Fsp3) is 0.214. The van der Waals surface area contributed by atoms with E-state index in [1.807, 2.05) is 43.3 Å². The lowest BCUT2D eigenvalue weighted by Gasteiger charge is -1.99. The molecule has 0 fully saturated rings. The fourth-order valence-corrected chi connectivity index (χ4v) is 1.86. The number of aryl methyl sites for hydroxylation is 1. The van der Waals surface area contributed by atoms with Gasteiger partial charge in [-0.15, -0.1) is 0 Å². The number of esters is 1. The first-order valence-corrected chi connectivity index (χ1v) is 5.51. The van der Waals surface area contributed by atoms with Gasteiger partial charge in [0.15, 0.2) is 0 Å². The molecule has 0 bridgehead atoms. The summed E-state index contributed by atoms with van der Waals surface area (Å²) < 4.78 is 4.65. The predicted molar refractivity (Wildman–Crippen MR) is 66.7 cm³/mol. The van der Waals surface area contributed by atoms with Crippen LogP contribution in [0.1, 0.15) is 11.3 Å². The predicted octanol–water partition coefficient (Wildman–Crippen LogP) is 2.71. The maximum Gasteiger partial charge on any atom is 0.311 e. The molecule has 1 aromatic carbocycles. The number of ether oxygens (including phenoxy) is 1. The van der Waals surface area contributed by atoms with E-state index >= 15 is 0 Å². The van der Waals surface area contributed by atoms with Crippen LogP contribution in [0.15, 0.2) is 36.4 Å². The molecular formula is C14H15NO2. The molecule has 3 nitrogen and oxygen atoms in total. The van der Waals surface area contributed by atoms with E-state index < -0.39 is 0 Å². The van der Waals surface area contributed by atoms with Crippen LogP contribution in [0.3, 0.4) is 0 Å². The number of hydrogen-bond donors (Lipinski definition) is 1. The Morgan fingerprint density at radius 2 is 2.00 bits per heavy atom. The Hall–Kier alpha value is -2.03. The second-order valence-electron chi connectivity index (χ2n) is 3.97. The van der Waals surface area contributed by atoms with Gasteiger partial charge in [0.25, 0.3) is 0 Å². The molecule has 0 amide bonds. The van der Waals surface area contributed by atoms with Crippen molar-refractivity contribution in [2.75, 3.05) is 7.11 Å². The van der Waals surface area contributed by atoms with Crippen molar-refractivity contribution in [1.29, 1.82) is 0 Å². The van der Waals surface area contributed by atoms with Crippen LogP contribution in [0.2, 0.25) is 0 Å². The second-order valence-corrected chi connectivity index (χ2v) is 3.97. The Balaban J connectivity index is 2.28. The van der Waals surface area contributed by atoms with E-state index in [9.17, 15) is 4.79 Å². The highest BCUT2D eigenvalue weighted by Gasteiger charge is 2.09. The lowest BCUT2D eigenvalue weighted by Crippen LogP contribution is -2.04. The van der Waals surface area contributed by atoms with Gasteiger partial charge in [-0.25, -0.2) is 0 Å². The molecule has 1 heterocycles. The van der Waals surface area contributed by atoms with Crippen LogP contribution >= 0.6 is 0 Å². The van der Waals surface area contributed by atoms with Crippen molar-refractivity contribution < 1.29 is 9.53 Å². The lowest BCUT2D eigenvalue weighted by molar-refractivity contribution is -0.139. The topological polar surface area (TPSA) is 42.1 Å². The van der Waals surface area contributed by atoms with Crippen molar-refractivity contribution in [3.63, 3.8) is 0 Å². The van der Waals surface area contributed by atoms with Gasteiger partial charge in [0.05, 0.1) is 13.5 Å². The average Bonchev–Trinajstić information content (AvgIpc) is 2.71. The molecule has 2 aromatic rings. The molecule has 1 aromatic heterocycles. The summed E-state index contributed by atoms with van der Waals surface area (Å²) in [5.41, 5.74) is 4.20. The zero-order valence-corrected chi connectivity index (χ0v) is 9.99. The molecule has 0 aliphatic carbocycles. The summed E-state index contributed by atoms with van der Waals surface area (Å²) >= 11 is 0. The summed E-state index contributed by atoms with van der Waals surface area (Å²) in [4.78, 5) is 14.5. The minimum Gasteiger partial charge on any atom is -0.469 e. The molecule has 3 heteroatoms. The molecule has 0 saturated carbocycles. The van der Waals surface area contributed by atoms with E-state index in [2.05, 4.69) is 9.72 Å². The SMILES string of the molecule is COC(=O)Cc1cc(C)c(-c2ccccc2)[nH]1. The number of methoxy groups -OCH3 is 1. The van der Waals surface area contributed by atoms with E-state index in [1.54, 1.807) is 0 Å². The van der Waals surface area contributed by atoms with E-state index in [0.29, 0.717) is 0 Å². The van der Waals surface area contributed by atoms with Crippen LogP contribution in [0, 0.1) is 6.92 Å². The first-order valence-electron chi connectivity index (χ1n) is 5.51. The summed E-state index contributed by atoms with van der Waals surface area (Å²) in [6.07, 6.45) is 0.282. The highest BCUT2D eigenvalue weighted by atomic mass is 16.5. The molecule has 0 aliphatic heterocycles. The van der Waals surface area contributed by atoms with Gasteiger partial charge < -0.3 is 9.72 Å².